The maximum absolute atomic E-state index is 8.79. The van der Waals surface area contributed by atoms with Gasteiger partial charge in [0.25, 0.3) is 0 Å². The van der Waals surface area contributed by atoms with Crippen molar-refractivity contribution in [1.29, 1.82) is 0 Å². The van der Waals surface area contributed by atoms with Crippen molar-refractivity contribution in [3.63, 3.8) is 0 Å². The van der Waals surface area contributed by atoms with Gasteiger partial charge in [-0.05, 0) is 19.8 Å². The summed E-state index contributed by atoms with van der Waals surface area (Å²) in [4.78, 5) is 4.85. The lowest BCUT2D eigenvalue weighted by Crippen LogP contribution is -2.52. The Bertz CT molecular complexity index is 167. The van der Waals surface area contributed by atoms with Gasteiger partial charge in [0.1, 0.15) is 0 Å². The molecule has 1 atom stereocenters. The second-order valence-corrected chi connectivity index (χ2v) is 4.34. The maximum atomic E-state index is 8.79. The summed E-state index contributed by atoms with van der Waals surface area (Å²) in [5.74, 6) is 0. The van der Waals surface area contributed by atoms with Crippen LogP contribution >= 0.6 is 0 Å². The molecule has 1 heterocycles. The normalized spacial score (nSPS) is 24.6. The first-order valence-corrected chi connectivity index (χ1v) is 5.96. The number of nitrogens with zero attached hydrogens (tertiary/aromatic N) is 2. The summed E-state index contributed by atoms with van der Waals surface area (Å²) in [6.45, 7) is 8.10. The van der Waals surface area contributed by atoms with E-state index < -0.39 is 0 Å². The van der Waals surface area contributed by atoms with Gasteiger partial charge >= 0.3 is 0 Å². The molecule has 0 aromatic heterocycles. The highest BCUT2D eigenvalue weighted by Gasteiger charge is 2.22. The van der Waals surface area contributed by atoms with Gasteiger partial charge < -0.3 is 15.1 Å². The van der Waals surface area contributed by atoms with E-state index in [4.69, 9.17) is 10.2 Å². The second kappa shape index (κ2) is 7.17. The second-order valence-electron chi connectivity index (χ2n) is 4.34. The molecule has 0 amide bonds. The van der Waals surface area contributed by atoms with Gasteiger partial charge in [0.05, 0.1) is 0 Å². The SMILES string of the molecule is C[C@@H]1CN(CCCO)CCN1CCCO. The zero-order chi connectivity index (χ0) is 11.1. The topological polar surface area (TPSA) is 46.9 Å². The fourth-order valence-corrected chi connectivity index (χ4v) is 2.17. The molecule has 0 spiro atoms. The van der Waals surface area contributed by atoms with Gasteiger partial charge in [0, 0.05) is 52.0 Å². The summed E-state index contributed by atoms with van der Waals surface area (Å²) in [7, 11) is 0. The van der Waals surface area contributed by atoms with Crippen LogP contribution in [0.1, 0.15) is 19.8 Å². The fraction of sp³-hybridized carbons (Fsp3) is 1.00. The molecule has 1 aliphatic heterocycles. The molecule has 4 heteroatoms. The van der Waals surface area contributed by atoms with E-state index in [0.29, 0.717) is 12.6 Å². The third kappa shape index (κ3) is 4.47. The Balaban J connectivity index is 2.21. The minimum absolute atomic E-state index is 0.289. The Morgan fingerprint density at radius 1 is 1.07 bits per heavy atom. The fourth-order valence-electron chi connectivity index (χ4n) is 2.17. The number of aliphatic hydroxyl groups excluding tert-OH is 2. The van der Waals surface area contributed by atoms with Crippen LogP contribution in [-0.4, -0.2) is 72.0 Å². The van der Waals surface area contributed by atoms with Gasteiger partial charge in [-0.25, -0.2) is 0 Å². The first kappa shape index (κ1) is 12.9. The molecule has 2 N–H and O–H groups in total. The Morgan fingerprint density at radius 2 is 1.73 bits per heavy atom. The quantitative estimate of drug-likeness (QED) is 0.643. The van der Waals surface area contributed by atoms with E-state index in [1.807, 2.05) is 0 Å². The zero-order valence-corrected chi connectivity index (χ0v) is 9.73. The van der Waals surface area contributed by atoms with Crippen LogP contribution in [0.5, 0.6) is 0 Å². The molecule has 0 aliphatic carbocycles. The van der Waals surface area contributed by atoms with E-state index >= 15 is 0 Å². The molecule has 90 valence electrons. The highest BCUT2D eigenvalue weighted by molar-refractivity contribution is 4.78. The van der Waals surface area contributed by atoms with Crippen LogP contribution in [0.3, 0.4) is 0 Å². The third-order valence-corrected chi connectivity index (χ3v) is 3.09. The molecule has 1 saturated heterocycles. The molecule has 0 saturated carbocycles. The van der Waals surface area contributed by atoms with Crippen molar-refractivity contribution >= 4 is 0 Å². The van der Waals surface area contributed by atoms with Crippen LogP contribution in [0.25, 0.3) is 0 Å². The number of hydrogen-bond donors (Lipinski definition) is 2. The Labute approximate surface area is 92.5 Å². The standard InChI is InChI=1S/C11H24N2O2/c1-11-10-12(4-2-8-14)6-7-13(11)5-3-9-15/h11,14-15H,2-10H2,1H3/t11-/m1/s1. The molecule has 0 unspecified atom stereocenters. The van der Waals surface area contributed by atoms with E-state index in [9.17, 15) is 0 Å². The Kier molecular flexibility index (Phi) is 6.17. The molecule has 0 bridgehead atoms. The van der Waals surface area contributed by atoms with Crippen LogP contribution in [0.4, 0.5) is 0 Å². The summed E-state index contributed by atoms with van der Waals surface area (Å²) in [5.41, 5.74) is 0. The molecular formula is C11H24N2O2. The highest BCUT2D eigenvalue weighted by Crippen LogP contribution is 2.09. The molecule has 4 nitrogen and oxygen atoms in total. The number of rotatable bonds is 6. The lowest BCUT2D eigenvalue weighted by molar-refractivity contribution is 0.0739. The van der Waals surface area contributed by atoms with E-state index in [1.165, 1.54) is 0 Å². The summed E-state index contributed by atoms with van der Waals surface area (Å²) in [6.07, 6.45) is 1.75. The van der Waals surface area contributed by atoms with Crippen LogP contribution in [0.15, 0.2) is 0 Å². The highest BCUT2D eigenvalue weighted by atomic mass is 16.3. The van der Waals surface area contributed by atoms with Gasteiger partial charge in [-0.2, -0.15) is 0 Å². The van der Waals surface area contributed by atoms with Crippen LogP contribution < -0.4 is 0 Å². The number of aliphatic hydroxyl groups is 2. The molecule has 15 heavy (non-hydrogen) atoms. The molecule has 1 fully saturated rings. The molecule has 0 aromatic rings. The summed E-state index contributed by atoms with van der Waals surface area (Å²) in [5, 5.41) is 17.6. The van der Waals surface area contributed by atoms with Gasteiger partial charge in [-0.3, -0.25) is 4.90 Å². The van der Waals surface area contributed by atoms with Crippen LogP contribution in [0, 0.1) is 0 Å². The molecule has 0 radical (unpaired) electrons. The van der Waals surface area contributed by atoms with E-state index in [-0.39, 0.29) is 6.61 Å². The summed E-state index contributed by atoms with van der Waals surface area (Å²) in [6, 6.07) is 0.573. The van der Waals surface area contributed by atoms with Crippen molar-refractivity contribution in [2.75, 3.05) is 45.9 Å². The number of piperazine rings is 1. The molecule has 1 aliphatic rings. The van der Waals surface area contributed by atoms with Crippen molar-refractivity contribution in [1.82, 2.24) is 9.80 Å². The average molecular weight is 216 g/mol. The van der Waals surface area contributed by atoms with E-state index in [1.54, 1.807) is 0 Å². The maximum Gasteiger partial charge on any atom is 0.0443 e. The van der Waals surface area contributed by atoms with Gasteiger partial charge in [0.15, 0.2) is 0 Å². The average Bonchev–Trinajstić information content (AvgIpc) is 2.25. The molecule has 0 aromatic carbocycles. The lowest BCUT2D eigenvalue weighted by Gasteiger charge is -2.39. The van der Waals surface area contributed by atoms with Crippen molar-refractivity contribution in [3.05, 3.63) is 0 Å². The summed E-state index contributed by atoms with van der Waals surface area (Å²) >= 11 is 0. The van der Waals surface area contributed by atoms with E-state index in [2.05, 4.69) is 16.7 Å². The first-order valence-electron chi connectivity index (χ1n) is 5.96. The molecular weight excluding hydrogens is 192 g/mol. The van der Waals surface area contributed by atoms with Gasteiger partial charge in [-0.1, -0.05) is 0 Å². The smallest absolute Gasteiger partial charge is 0.0443 e. The van der Waals surface area contributed by atoms with E-state index in [0.717, 1.165) is 45.6 Å². The number of hydrogen-bond acceptors (Lipinski definition) is 4. The minimum Gasteiger partial charge on any atom is -0.396 e. The molecule has 1 rings (SSSR count). The predicted molar refractivity (Wildman–Crippen MR) is 60.9 cm³/mol. The minimum atomic E-state index is 0.289. The lowest BCUT2D eigenvalue weighted by atomic mass is 10.1. The van der Waals surface area contributed by atoms with Crippen LogP contribution in [0.2, 0.25) is 0 Å². The Hall–Kier alpha value is -0.160. The third-order valence-electron chi connectivity index (χ3n) is 3.09. The largest absolute Gasteiger partial charge is 0.396 e. The van der Waals surface area contributed by atoms with Crippen molar-refractivity contribution < 1.29 is 10.2 Å². The van der Waals surface area contributed by atoms with Crippen LogP contribution in [-0.2, 0) is 0 Å². The van der Waals surface area contributed by atoms with Crippen molar-refractivity contribution in [2.24, 2.45) is 0 Å². The van der Waals surface area contributed by atoms with Crippen molar-refractivity contribution in [3.8, 4) is 0 Å². The zero-order valence-electron chi connectivity index (χ0n) is 9.73. The Morgan fingerprint density at radius 3 is 2.33 bits per heavy atom. The predicted octanol–water partition coefficient (Wildman–Crippen LogP) is -0.243. The monoisotopic (exact) mass is 216 g/mol. The summed E-state index contributed by atoms with van der Waals surface area (Å²) < 4.78 is 0. The van der Waals surface area contributed by atoms with Crippen molar-refractivity contribution in [2.45, 2.75) is 25.8 Å². The van der Waals surface area contributed by atoms with Gasteiger partial charge in [-0.15, -0.1) is 0 Å². The van der Waals surface area contributed by atoms with Gasteiger partial charge in [0.2, 0.25) is 0 Å². The first-order chi connectivity index (χ1) is 7.27.